The van der Waals surface area contributed by atoms with Crippen LogP contribution in [0.15, 0.2) is 23.8 Å². The van der Waals surface area contributed by atoms with Crippen molar-refractivity contribution in [1.29, 1.82) is 0 Å². The van der Waals surface area contributed by atoms with Gasteiger partial charge in [-0.2, -0.15) is 0 Å². The highest BCUT2D eigenvalue weighted by atomic mass is 35.5. The fraction of sp³-hybridized carbons (Fsp3) is 0.552. The van der Waals surface area contributed by atoms with Gasteiger partial charge in [-0.15, -0.1) is 23.2 Å². The summed E-state index contributed by atoms with van der Waals surface area (Å²) < 4.78 is 0. The van der Waals surface area contributed by atoms with Crippen molar-refractivity contribution in [3.63, 3.8) is 0 Å². The molecular weight excluding hydrogens is 559 g/mol. The molecular formula is C29H32Cl2N2O7. The molecule has 0 spiro atoms. The van der Waals surface area contributed by atoms with Crippen LogP contribution in [-0.2, 0) is 24.0 Å². The second-order valence-electron chi connectivity index (χ2n) is 11.5. The number of nitrogens with zero attached hydrogens (tertiary/aromatic N) is 2. The number of benzene rings is 1. The summed E-state index contributed by atoms with van der Waals surface area (Å²) in [5.41, 5.74) is 2.44. The molecule has 6 unspecified atom stereocenters. The standard InChI is InChI=1S/C29H32Cl2N2O7/c1-14-11-16(12-15(2)23(14)36)22-17-8-9-18-21(25(38)33(24(18)37)10-6-4-5-7-20(34)35)19(17)13-28(30)26(39)32(3)27(40)29(22,28)31/h8,11-12,18-19,21-22,36H,4-7,9-10,13H2,1-3H3,(H,34,35). The van der Waals surface area contributed by atoms with Crippen LogP contribution in [0.5, 0.6) is 5.75 Å². The van der Waals surface area contributed by atoms with Gasteiger partial charge in [-0.25, -0.2) is 0 Å². The molecule has 1 aromatic carbocycles. The first kappa shape index (κ1) is 28.6. The third-order valence-corrected chi connectivity index (χ3v) is 10.6. The molecule has 40 heavy (non-hydrogen) atoms. The minimum absolute atomic E-state index is 0.0271. The Kier molecular flexibility index (Phi) is 7.06. The van der Waals surface area contributed by atoms with E-state index in [1.54, 1.807) is 26.0 Å². The molecule has 1 aromatic rings. The maximum atomic E-state index is 13.8. The van der Waals surface area contributed by atoms with E-state index in [1.165, 1.54) is 11.9 Å². The van der Waals surface area contributed by atoms with Crippen molar-refractivity contribution in [2.45, 2.75) is 68.0 Å². The summed E-state index contributed by atoms with van der Waals surface area (Å²) in [6, 6.07) is 3.45. The lowest BCUT2D eigenvalue weighted by molar-refractivity contribution is -0.141. The SMILES string of the molecule is Cc1cc(C2C3=CCC4C(=O)N(CCCCCC(=O)O)C(=O)C4C3CC3(Cl)C(=O)N(C)C(=O)C23Cl)cc(C)c1O. The summed E-state index contributed by atoms with van der Waals surface area (Å²) in [7, 11) is 1.35. The molecule has 0 bridgehead atoms. The van der Waals surface area contributed by atoms with Crippen LogP contribution >= 0.6 is 23.2 Å². The van der Waals surface area contributed by atoms with Gasteiger partial charge in [0.1, 0.15) is 5.75 Å². The normalized spacial score (nSPS) is 33.2. The van der Waals surface area contributed by atoms with Crippen molar-refractivity contribution < 1.29 is 34.2 Å². The van der Waals surface area contributed by atoms with E-state index in [-0.39, 0.29) is 43.4 Å². The van der Waals surface area contributed by atoms with E-state index in [9.17, 15) is 29.1 Å². The van der Waals surface area contributed by atoms with Crippen LogP contribution in [0.3, 0.4) is 0 Å². The number of aromatic hydroxyl groups is 1. The second-order valence-corrected chi connectivity index (χ2v) is 12.8. The summed E-state index contributed by atoms with van der Waals surface area (Å²) in [6.45, 7) is 3.65. The maximum absolute atomic E-state index is 13.8. The molecule has 0 aromatic heterocycles. The van der Waals surface area contributed by atoms with E-state index in [4.69, 9.17) is 28.3 Å². The predicted octanol–water partition coefficient (Wildman–Crippen LogP) is 3.64. The topological polar surface area (TPSA) is 132 Å². The second kappa shape index (κ2) is 9.87. The molecule has 11 heteroatoms. The Balaban J connectivity index is 1.55. The molecule has 2 aliphatic carbocycles. The van der Waals surface area contributed by atoms with E-state index in [0.29, 0.717) is 41.5 Å². The highest BCUT2D eigenvalue weighted by molar-refractivity contribution is 6.53. The number of carboxylic acid groups (broad SMARTS) is 1. The molecule has 2 saturated heterocycles. The average molecular weight is 591 g/mol. The Morgan fingerprint density at radius 2 is 1.65 bits per heavy atom. The van der Waals surface area contributed by atoms with Gasteiger partial charge < -0.3 is 10.2 Å². The largest absolute Gasteiger partial charge is 0.507 e. The van der Waals surface area contributed by atoms with Crippen LogP contribution in [-0.4, -0.2) is 73.0 Å². The number of carbonyl (C=O) groups is 5. The molecule has 5 rings (SSSR count). The molecule has 4 amide bonds. The highest BCUT2D eigenvalue weighted by Crippen LogP contribution is 2.65. The number of unbranched alkanes of at least 4 members (excludes halogenated alkanes) is 2. The highest BCUT2D eigenvalue weighted by Gasteiger charge is 2.75. The minimum atomic E-state index is -1.86. The Bertz CT molecular complexity index is 1350. The van der Waals surface area contributed by atoms with Gasteiger partial charge in [0.2, 0.25) is 11.8 Å². The fourth-order valence-corrected chi connectivity index (χ4v) is 8.30. The number of imide groups is 2. The number of alkyl halides is 2. The van der Waals surface area contributed by atoms with E-state index in [2.05, 4.69) is 0 Å². The fourth-order valence-electron chi connectivity index (χ4n) is 7.28. The Morgan fingerprint density at radius 3 is 2.27 bits per heavy atom. The summed E-state index contributed by atoms with van der Waals surface area (Å²) in [4.78, 5) is 63.6. The Labute approximate surface area is 242 Å². The number of hydrogen-bond donors (Lipinski definition) is 2. The number of rotatable bonds is 7. The van der Waals surface area contributed by atoms with Crippen LogP contribution in [0, 0.1) is 31.6 Å². The van der Waals surface area contributed by atoms with Gasteiger partial charge in [0.25, 0.3) is 11.8 Å². The van der Waals surface area contributed by atoms with Gasteiger partial charge in [-0.1, -0.05) is 30.2 Å². The van der Waals surface area contributed by atoms with Gasteiger partial charge >= 0.3 is 5.97 Å². The Hall–Kier alpha value is -2.91. The number of likely N-dealkylation sites (tertiary alicyclic amines) is 2. The number of halogens is 2. The number of phenols is 1. The summed E-state index contributed by atoms with van der Waals surface area (Å²) in [5.74, 6) is -5.49. The molecule has 1 saturated carbocycles. The lowest BCUT2D eigenvalue weighted by Gasteiger charge is -2.51. The molecule has 3 fully saturated rings. The zero-order valence-corrected chi connectivity index (χ0v) is 24.1. The van der Waals surface area contributed by atoms with Gasteiger partial charge in [-0.3, -0.25) is 33.8 Å². The number of aliphatic carboxylic acids is 1. The van der Waals surface area contributed by atoms with Crippen LogP contribution in [0.4, 0.5) is 0 Å². The number of fused-ring (bicyclic) bond motifs is 4. The number of hydrogen-bond acceptors (Lipinski definition) is 6. The van der Waals surface area contributed by atoms with Gasteiger partial charge in [-0.05, 0) is 62.1 Å². The maximum Gasteiger partial charge on any atom is 0.303 e. The van der Waals surface area contributed by atoms with E-state index in [0.717, 1.165) is 4.90 Å². The molecule has 4 aliphatic rings. The van der Waals surface area contributed by atoms with Crippen molar-refractivity contribution >= 4 is 52.8 Å². The molecule has 2 N–H and O–H groups in total. The molecule has 2 aliphatic heterocycles. The van der Waals surface area contributed by atoms with Crippen LogP contribution in [0.25, 0.3) is 0 Å². The quantitative estimate of drug-likeness (QED) is 0.214. The van der Waals surface area contributed by atoms with Crippen molar-refractivity contribution in [3.05, 3.63) is 40.5 Å². The third kappa shape index (κ3) is 3.91. The van der Waals surface area contributed by atoms with Crippen LogP contribution in [0.2, 0.25) is 0 Å². The zero-order chi connectivity index (χ0) is 29.3. The molecule has 6 atom stereocenters. The van der Waals surface area contributed by atoms with E-state index >= 15 is 0 Å². The lowest BCUT2D eigenvalue weighted by Crippen LogP contribution is -2.60. The lowest BCUT2D eigenvalue weighted by atomic mass is 9.56. The number of aryl methyl sites for hydroxylation is 2. The van der Waals surface area contributed by atoms with E-state index in [1.807, 2.05) is 6.08 Å². The monoisotopic (exact) mass is 590 g/mol. The first-order valence-corrected chi connectivity index (χ1v) is 14.3. The first-order valence-electron chi connectivity index (χ1n) is 13.5. The first-order chi connectivity index (χ1) is 18.8. The van der Waals surface area contributed by atoms with Gasteiger partial charge in [0.15, 0.2) is 9.75 Å². The smallest absolute Gasteiger partial charge is 0.303 e. The van der Waals surface area contributed by atoms with E-state index < -0.39 is 51.2 Å². The molecule has 2 heterocycles. The minimum Gasteiger partial charge on any atom is -0.507 e. The van der Waals surface area contributed by atoms with Crippen LogP contribution < -0.4 is 0 Å². The number of phenolic OH excluding ortho intramolecular Hbond substituents is 1. The van der Waals surface area contributed by atoms with Crippen LogP contribution in [0.1, 0.15) is 61.1 Å². The van der Waals surface area contributed by atoms with Gasteiger partial charge in [0, 0.05) is 25.9 Å². The number of amides is 4. The van der Waals surface area contributed by atoms with Crippen molar-refractivity contribution in [2.75, 3.05) is 13.6 Å². The average Bonchev–Trinajstić information content (AvgIpc) is 3.21. The Morgan fingerprint density at radius 1 is 1.00 bits per heavy atom. The number of carboxylic acids is 1. The number of carbonyl (C=O) groups excluding carboxylic acids is 4. The van der Waals surface area contributed by atoms with Gasteiger partial charge in [0.05, 0.1) is 11.8 Å². The van der Waals surface area contributed by atoms with Crippen molar-refractivity contribution in [1.82, 2.24) is 9.80 Å². The number of allylic oxidation sites excluding steroid dienone is 2. The third-order valence-electron chi connectivity index (χ3n) is 9.22. The molecule has 214 valence electrons. The summed E-state index contributed by atoms with van der Waals surface area (Å²) in [5, 5.41) is 19.3. The summed E-state index contributed by atoms with van der Waals surface area (Å²) in [6.07, 6.45) is 3.63. The predicted molar refractivity (Wildman–Crippen MR) is 146 cm³/mol. The molecule has 0 radical (unpaired) electrons. The zero-order valence-electron chi connectivity index (χ0n) is 22.6. The summed E-state index contributed by atoms with van der Waals surface area (Å²) >= 11 is 14.3. The van der Waals surface area contributed by atoms with Crippen molar-refractivity contribution in [3.8, 4) is 5.75 Å². The molecule has 9 nitrogen and oxygen atoms in total. The van der Waals surface area contributed by atoms with Crippen molar-refractivity contribution in [2.24, 2.45) is 17.8 Å².